The second-order valence-electron chi connectivity index (χ2n) is 4.08. The van der Waals surface area contributed by atoms with Crippen LogP contribution in [-0.2, 0) is 9.53 Å². The summed E-state index contributed by atoms with van der Waals surface area (Å²) in [6.45, 7) is 2.12. The third-order valence-electron chi connectivity index (χ3n) is 2.66. The van der Waals surface area contributed by atoms with E-state index < -0.39 is 4.83 Å². The van der Waals surface area contributed by atoms with Gasteiger partial charge in [-0.1, -0.05) is 34.1 Å². The molecular weight excluding hydrogens is 310 g/mol. The Kier molecular flexibility index (Phi) is 4.37. The lowest BCUT2D eigenvalue weighted by Crippen LogP contribution is -2.23. The minimum Gasteiger partial charge on any atom is -0.490 e. The largest absolute Gasteiger partial charge is 0.490 e. The van der Waals surface area contributed by atoms with Crippen LogP contribution < -0.4 is 4.74 Å². The van der Waals surface area contributed by atoms with Gasteiger partial charge in [-0.25, -0.2) is 4.98 Å². The van der Waals surface area contributed by atoms with Crippen molar-refractivity contribution in [3.63, 3.8) is 0 Å². The maximum atomic E-state index is 11.3. The van der Waals surface area contributed by atoms with Gasteiger partial charge in [0.25, 0.3) is 0 Å². The normalized spacial score (nSPS) is 12.2. The van der Waals surface area contributed by atoms with Crippen LogP contribution in [0.25, 0.3) is 10.9 Å². The number of aromatic nitrogens is 1. The molecule has 0 radical (unpaired) electrons. The summed E-state index contributed by atoms with van der Waals surface area (Å²) < 4.78 is 10.3. The quantitative estimate of drug-likeness (QED) is 0.641. The summed E-state index contributed by atoms with van der Waals surface area (Å²) in [4.78, 5) is 15.3. The van der Waals surface area contributed by atoms with Gasteiger partial charge in [-0.15, -0.1) is 0 Å². The van der Waals surface area contributed by atoms with E-state index in [0.29, 0.717) is 5.75 Å². The Labute approximate surface area is 119 Å². The van der Waals surface area contributed by atoms with Crippen LogP contribution in [0.5, 0.6) is 5.75 Å². The molecule has 1 aromatic carbocycles. The fraction of sp³-hybridized carbons (Fsp3) is 0.286. The molecule has 0 bridgehead atoms. The molecule has 19 heavy (non-hydrogen) atoms. The Morgan fingerprint density at radius 1 is 1.37 bits per heavy atom. The van der Waals surface area contributed by atoms with Gasteiger partial charge < -0.3 is 9.47 Å². The molecule has 0 fully saturated rings. The van der Waals surface area contributed by atoms with Gasteiger partial charge in [0.2, 0.25) is 0 Å². The van der Waals surface area contributed by atoms with Crippen LogP contribution in [0.2, 0.25) is 0 Å². The Hall–Kier alpha value is -1.62. The van der Waals surface area contributed by atoms with Crippen molar-refractivity contribution in [2.45, 2.75) is 11.8 Å². The number of benzene rings is 1. The number of pyridine rings is 1. The summed E-state index contributed by atoms with van der Waals surface area (Å²) in [7, 11) is 1.35. The van der Waals surface area contributed by atoms with Gasteiger partial charge >= 0.3 is 5.97 Å². The molecule has 0 aliphatic rings. The molecule has 1 aromatic heterocycles. The van der Waals surface area contributed by atoms with Gasteiger partial charge in [0.15, 0.2) is 0 Å². The molecule has 1 unspecified atom stereocenters. The molecule has 0 amide bonds. The Bertz CT molecular complexity index is 600. The van der Waals surface area contributed by atoms with E-state index in [4.69, 9.17) is 4.74 Å². The molecule has 5 heteroatoms. The fourth-order valence-electron chi connectivity index (χ4n) is 1.69. The highest BCUT2D eigenvalue weighted by atomic mass is 79.9. The Balaban J connectivity index is 2.21. The van der Waals surface area contributed by atoms with Crippen molar-refractivity contribution in [1.82, 2.24) is 4.98 Å². The third-order valence-corrected chi connectivity index (χ3v) is 3.30. The average Bonchev–Trinajstić information content (AvgIpc) is 2.43. The van der Waals surface area contributed by atoms with E-state index in [2.05, 4.69) is 25.7 Å². The highest BCUT2D eigenvalue weighted by molar-refractivity contribution is 9.10. The number of rotatable bonds is 4. The standard InChI is InChI=1S/C14H14BrNO3/c1-9-6-7-10-4-3-5-12(13(10)16-9)19-8-11(15)14(17)18-2/h3-7,11H,8H2,1-2H3. The van der Waals surface area contributed by atoms with Gasteiger partial charge in [0.1, 0.15) is 22.7 Å². The van der Waals surface area contributed by atoms with Crippen LogP contribution >= 0.6 is 15.9 Å². The number of nitrogens with zero attached hydrogens (tertiary/aromatic N) is 1. The Morgan fingerprint density at radius 3 is 2.89 bits per heavy atom. The molecule has 0 N–H and O–H groups in total. The number of ether oxygens (including phenoxy) is 2. The van der Waals surface area contributed by atoms with Crippen molar-refractivity contribution in [3.8, 4) is 5.75 Å². The summed E-state index contributed by atoms with van der Waals surface area (Å²) in [5, 5.41) is 1.01. The van der Waals surface area contributed by atoms with E-state index in [1.807, 2.05) is 37.3 Å². The minimum absolute atomic E-state index is 0.196. The maximum absolute atomic E-state index is 11.3. The minimum atomic E-state index is -0.488. The first-order valence-electron chi connectivity index (χ1n) is 5.83. The van der Waals surface area contributed by atoms with Gasteiger partial charge in [0, 0.05) is 11.1 Å². The number of hydrogen-bond donors (Lipinski definition) is 0. The van der Waals surface area contributed by atoms with Crippen molar-refractivity contribution in [3.05, 3.63) is 36.0 Å². The molecule has 0 saturated carbocycles. The van der Waals surface area contributed by atoms with E-state index in [1.165, 1.54) is 7.11 Å². The fourth-order valence-corrected chi connectivity index (χ4v) is 2.01. The van der Waals surface area contributed by atoms with E-state index >= 15 is 0 Å². The summed E-state index contributed by atoms with van der Waals surface area (Å²) in [5.74, 6) is 0.305. The number of aryl methyl sites for hydroxylation is 1. The monoisotopic (exact) mass is 323 g/mol. The lowest BCUT2D eigenvalue weighted by molar-refractivity contribution is -0.140. The van der Waals surface area contributed by atoms with Crippen molar-refractivity contribution in [2.24, 2.45) is 0 Å². The summed E-state index contributed by atoms with van der Waals surface area (Å²) >= 11 is 3.22. The number of fused-ring (bicyclic) bond motifs is 1. The van der Waals surface area contributed by atoms with Crippen molar-refractivity contribution < 1.29 is 14.3 Å². The zero-order valence-corrected chi connectivity index (χ0v) is 12.3. The van der Waals surface area contributed by atoms with Gasteiger partial charge in [-0.2, -0.15) is 0 Å². The molecule has 0 aliphatic carbocycles. The summed E-state index contributed by atoms with van der Waals surface area (Å²) in [6, 6.07) is 9.66. The molecule has 0 aliphatic heterocycles. The van der Waals surface area contributed by atoms with Gasteiger partial charge in [-0.3, -0.25) is 4.79 Å². The van der Waals surface area contributed by atoms with Crippen LogP contribution in [0, 0.1) is 6.92 Å². The van der Waals surface area contributed by atoms with E-state index in [1.54, 1.807) is 0 Å². The zero-order chi connectivity index (χ0) is 13.8. The Morgan fingerprint density at radius 2 is 2.16 bits per heavy atom. The molecule has 0 saturated heterocycles. The third kappa shape index (κ3) is 3.23. The number of hydrogen-bond acceptors (Lipinski definition) is 4. The first-order valence-corrected chi connectivity index (χ1v) is 6.74. The number of esters is 1. The van der Waals surface area contributed by atoms with Gasteiger partial charge in [-0.05, 0) is 19.1 Å². The van der Waals surface area contributed by atoms with Crippen LogP contribution in [0.4, 0.5) is 0 Å². The first-order chi connectivity index (χ1) is 9.11. The number of alkyl halides is 1. The molecular formula is C14H14BrNO3. The number of carbonyl (C=O) groups excluding carboxylic acids is 1. The highest BCUT2D eigenvalue weighted by Crippen LogP contribution is 2.24. The van der Waals surface area contributed by atoms with Crippen molar-refractivity contribution in [1.29, 1.82) is 0 Å². The summed E-state index contributed by atoms with van der Waals surface area (Å²) in [6.07, 6.45) is 0. The number of halogens is 1. The highest BCUT2D eigenvalue weighted by Gasteiger charge is 2.16. The van der Waals surface area contributed by atoms with Crippen LogP contribution in [0.15, 0.2) is 30.3 Å². The molecule has 4 nitrogen and oxygen atoms in total. The molecule has 2 rings (SSSR count). The first kappa shape index (κ1) is 13.8. The smallest absolute Gasteiger partial charge is 0.322 e. The summed E-state index contributed by atoms with van der Waals surface area (Å²) in [5.41, 5.74) is 1.72. The topological polar surface area (TPSA) is 48.4 Å². The second kappa shape index (κ2) is 6.02. The van der Waals surface area contributed by atoms with Crippen LogP contribution in [0.3, 0.4) is 0 Å². The lowest BCUT2D eigenvalue weighted by atomic mass is 10.2. The molecule has 100 valence electrons. The molecule has 2 aromatic rings. The lowest BCUT2D eigenvalue weighted by Gasteiger charge is -2.11. The number of para-hydroxylation sites is 1. The van der Waals surface area contributed by atoms with Gasteiger partial charge in [0.05, 0.1) is 7.11 Å². The average molecular weight is 324 g/mol. The predicted molar refractivity (Wildman–Crippen MR) is 76.7 cm³/mol. The maximum Gasteiger partial charge on any atom is 0.322 e. The van der Waals surface area contributed by atoms with Crippen LogP contribution in [0.1, 0.15) is 5.69 Å². The number of methoxy groups -OCH3 is 1. The second-order valence-corrected chi connectivity index (χ2v) is 5.19. The van der Waals surface area contributed by atoms with Crippen LogP contribution in [-0.4, -0.2) is 29.5 Å². The molecule has 0 spiro atoms. The van der Waals surface area contributed by atoms with Crippen molar-refractivity contribution in [2.75, 3.05) is 13.7 Å². The SMILES string of the molecule is COC(=O)C(Br)COc1cccc2ccc(C)nc12. The number of carbonyl (C=O) groups is 1. The van der Waals surface area contributed by atoms with E-state index in [9.17, 15) is 4.79 Å². The van der Waals surface area contributed by atoms with E-state index in [-0.39, 0.29) is 12.6 Å². The molecule has 1 atom stereocenters. The zero-order valence-electron chi connectivity index (χ0n) is 10.7. The van der Waals surface area contributed by atoms with E-state index in [0.717, 1.165) is 16.6 Å². The van der Waals surface area contributed by atoms with Crippen molar-refractivity contribution >= 4 is 32.8 Å². The molecule has 1 heterocycles. The predicted octanol–water partition coefficient (Wildman–Crippen LogP) is 2.86.